The quantitative estimate of drug-likeness (QED) is 0.546. The summed E-state index contributed by atoms with van der Waals surface area (Å²) in [5.74, 6) is 0.227. The van der Waals surface area contributed by atoms with Crippen LogP contribution in [0.15, 0.2) is 36.7 Å². The Morgan fingerprint density at radius 2 is 2.14 bits per heavy atom. The van der Waals surface area contributed by atoms with Crippen LogP contribution < -0.4 is 10.6 Å². The molecule has 0 radical (unpaired) electrons. The SMILES string of the molecule is COCCNc1cc(C(=O)NCC(O)CN2CCc3ccccc3C2)ncn1. The van der Waals surface area contributed by atoms with Crippen LogP contribution in [0.3, 0.4) is 0 Å². The Hall–Kier alpha value is -2.55. The molecule has 150 valence electrons. The summed E-state index contributed by atoms with van der Waals surface area (Å²) in [4.78, 5) is 22.6. The zero-order valence-electron chi connectivity index (χ0n) is 16.1. The molecule has 0 aliphatic carbocycles. The average Bonchev–Trinajstić information content (AvgIpc) is 2.72. The summed E-state index contributed by atoms with van der Waals surface area (Å²) in [6, 6.07) is 9.97. The third kappa shape index (κ3) is 5.72. The van der Waals surface area contributed by atoms with Gasteiger partial charge in [0.2, 0.25) is 0 Å². The lowest BCUT2D eigenvalue weighted by Crippen LogP contribution is -2.42. The fraction of sp³-hybridized carbons (Fsp3) is 0.450. The number of fused-ring (bicyclic) bond motifs is 1. The van der Waals surface area contributed by atoms with Gasteiger partial charge in [-0.05, 0) is 17.5 Å². The molecule has 1 aromatic heterocycles. The van der Waals surface area contributed by atoms with E-state index in [0.717, 1.165) is 19.5 Å². The van der Waals surface area contributed by atoms with Gasteiger partial charge in [0.15, 0.2) is 0 Å². The van der Waals surface area contributed by atoms with E-state index in [2.05, 4.69) is 43.7 Å². The summed E-state index contributed by atoms with van der Waals surface area (Å²) in [6.07, 6.45) is 1.68. The van der Waals surface area contributed by atoms with Gasteiger partial charge in [0.05, 0.1) is 12.7 Å². The van der Waals surface area contributed by atoms with Gasteiger partial charge in [0.1, 0.15) is 17.8 Å². The maximum absolute atomic E-state index is 12.3. The van der Waals surface area contributed by atoms with E-state index in [9.17, 15) is 9.90 Å². The normalized spacial score (nSPS) is 14.9. The molecule has 3 N–H and O–H groups in total. The fourth-order valence-corrected chi connectivity index (χ4v) is 3.23. The molecule has 1 aromatic carbocycles. The minimum atomic E-state index is -0.643. The van der Waals surface area contributed by atoms with E-state index in [1.807, 2.05) is 6.07 Å². The summed E-state index contributed by atoms with van der Waals surface area (Å²) in [6.45, 7) is 3.55. The Bertz CT molecular complexity index is 786. The summed E-state index contributed by atoms with van der Waals surface area (Å²) >= 11 is 0. The highest BCUT2D eigenvalue weighted by Gasteiger charge is 2.19. The van der Waals surface area contributed by atoms with Gasteiger partial charge in [-0.2, -0.15) is 0 Å². The number of ether oxygens (including phenoxy) is 1. The second-order valence-electron chi connectivity index (χ2n) is 6.83. The molecule has 1 aliphatic rings. The molecule has 2 heterocycles. The Balaban J connectivity index is 1.45. The van der Waals surface area contributed by atoms with Crippen molar-refractivity contribution in [3.8, 4) is 0 Å². The molecule has 3 rings (SSSR count). The average molecular weight is 385 g/mol. The monoisotopic (exact) mass is 385 g/mol. The zero-order valence-corrected chi connectivity index (χ0v) is 16.1. The Kier molecular flexibility index (Phi) is 7.30. The predicted molar refractivity (Wildman–Crippen MR) is 106 cm³/mol. The highest BCUT2D eigenvalue weighted by Crippen LogP contribution is 2.18. The fourth-order valence-electron chi connectivity index (χ4n) is 3.23. The molecular weight excluding hydrogens is 358 g/mol. The molecule has 28 heavy (non-hydrogen) atoms. The number of methoxy groups -OCH3 is 1. The number of hydrogen-bond acceptors (Lipinski definition) is 7. The van der Waals surface area contributed by atoms with Gasteiger partial charge < -0.3 is 20.5 Å². The number of benzene rings is 1. The molecule has 8 nitrogen and oxygen atoms in total. The Labute approximate surface area is 165 Å². The minimum absolute atomic E-state index is 0.174. The molecule has 0 spiro atoms. The maximum Gasteiger partial charge on any atom is 0.270 e. The van der Waals surface area contributed by atoms with Crippen LogP contribution in [0.1, 0.15) is 21.6 Å². The van der Waals surface area contributed by atoms with Crippen molar-refractivity contribution in [3.63, 3.8) is 0 Å². The van der Waals surface area contributed by atoms with Crippen LogP contribution in [0.25, 0.3) is 0 Å². The predicted octanol–water partition coefficient (Wildman–Crippen LogP) is 0.684. The topological polar surface area (TPSA) is 99.6 Å². The molecule has 0 fully saturated rings. The van der Waals surface area contributed by atoms with Crippen LogP contribution in [-0.4, -0.2) is 71.9 Å². The number of aliphatic hydroxyl groups excluding tert-OH is 1. The lowest BCUT2D eigenvalue weighted by atomic mass is 10.00. The lowest BCUT2D eigenvalue weighted by molar-refractivity contribution is 0.0838. The van der Waals surface area contributed by atoms with Crippen molar-refractivity contribution >= 4 is 11.7 Å². The first kappa shape index (κ1) is 20.2. The van der Waals surface area contributed by atoms with Gasteiger partial charge in [0.25, 0.3) is 5.91 Å². The first-order chi connectivity index (χ1) is 13.7. The first-order valence-corrected chi connectivity index (χ1v) is 9.46. The summed E-state index contributed by atoms with van der Waals surface area (Å²) in [7, 11) is 1.62. The number of aromatic nitrogens is 2. The number of aliphatic hydroxyl groups is 1. The van der Waals surface area contributed by atoms with Crippen molar-refractivity contribution in [3.05, 3.63) is 53.5 Å². The number of nitrogens with one attached hydrogen (secondary N) is 2. The van der Waals surface area contributed by atoms with Crippen molar-refractivity contribution in [2.24, 2.45) is 0 Å². The van der Waals surface area contributed by atoms with Crippen LogP contribution in [0, 0.1) is 0 Å². The number of carbonyl (C=O) groups excluding carboxylic acids is 1. The molecule has 0 saturated heterocycles. The van der Waals surface area contributed by atoms with E-state index >= 15 is 0 Å². The number of anilines is 1. The van der Waals surface area contributed by atoms with Crippen molar-refractivity contribution in [2.75, 3.05) is 45.2 Å². The van der Waals surface area contributed by atoms with E-state index in [4.69, 9.17) is 4.74 Å². The van der Waals surface area contributed by atoms with Gasteiger partial charge in [-0.1, -0.05) is 24.3 Å². The van der Waals surface area contributed by atoms with Gasteiger partial charge >= 0.3 is 0 Å². The van der Waals surface area contributed by atoms with Gasteiger partial charge in [-0.3, -0.25) is 9.69 Å². The Morgan fingerprint density at radius 1 is 1.32 bits per heavy atom. The van der Waals surface area contributed by atoms with E-state index in [1.54, 1.807) is 13.2 Å². The van der Waals surface area contributed by atoms with Crippen LogP contribution >= 0.6 is 0 Å². The molecule has 0 bridgehead atoms. The molecule has 0 saturated carbocycles. The highest BCUT2D eigenvalue weighted by molar-refractivity contribution is 5.92. The number of amides is 1. The number of β-amino-alcohol motifs (C(OH)–C–C–N with tert-alkyl or cyclic N) is 1. The molecule has 8 heteroatoms. The number of nitrogens with zero attached hydrogens (tertiary/aromatic N) is 3. The van der Waals surface area contributed by atoms with Crippen molar-refractivity contribution in [2.45, 2.75) is 19.1 Å². The summed E-state index contributed by atoms with van der Waals surface area (Å²) < 4.78 is 4.97. The molecule has 1 amide bonds. The van der Waals surface area contributed by atoms with Crippen LogP contribution in [0.5, 0.6) is 0 Å². The van der Waals surface area contributed by atoms with Crippen molar-refractivity contribution in [1.29, 1.82) is 0 Å². The van der Waals surface area contributed by atoms with E-state index in [1.165, 1.54) is 17.5 Å². The molecule has 2 aromatic rings. The van der Waals surface area contributed by atoms with Crippen LogP contribution in [0.2, 0.25) is 0 Å². The first-order valence-electron chi connectivity index (χ1n) is 9.46. The molecule has 1 unspecified atom stereocenters. The number of rotatable bonds is 9. The van der Waals surface area contributed by atoms with Crippen LogP contribution in [-0.2, 0) is 17.7 Å². The third-order valence-electron chi connectivity index (χ3n) is 4.69. The molecule has 1 aliphatic heterocycles. The lowest BCUT2D eigenvalue weighted by Gasteiger charge is -2.30. The number of carbonyl (C=O) groups is 1. The summed E-state index contributed by atoms with van der Waals surface area (Å²) in [5, 5.41) is 16.1. The zero-order chi connectivity index (χ0) is 19.8. The number of hydrogen-bond donors (Lipinski definition) is 3. The van der Waals surface area contributed by atoms with Crippen LogP contribution in [0.4, 0.5) is 5.82 Å². The minimum Gasteiger partial charge on any atom is -0.390 e. The standard InChI is InChI=1S/C20H27N5O3/c1-28-9-7-21-19-10-18(23-14-24-19)20(27)22-11-17(26)13-25-8-6-15-4-2-3-5-16(15)12-25/h2-5,10,14,17,26H,6-9,11-13H2,1H3,(H,22,27)(H,21,23,24). The second-order valence-corrected chi connectivity index (χ2v) is 6.83. The van der Waals surface area contributed by atoms with Gasteiger partial charge in [0, 0.05) is 45.9 Å². The van der Waals surface area contributed by atoms with Gasteiger partial charge in [-0.15, -0.1) is 0 Å². The third-order valence-corrected chi connectivity index (χ3v) is 4.69. The summed E-state index contributed by atoms with van der Waals surface area (Å²) in [5.41, 5.74) is 2.94. The van der Waals surface area contributed by atoms with Crippen molar-refractivity contribution in [1.82, 2.24) is 20.2 Å². The van der Waals surface area contributed by atoms with Crippen molar-refractivity contribution < 1.29 is 14.6 Å². The van der Waals surface area contributed by atoms with Gasteiger partial charge in [-0.25, -0.2) is 9.97 Å². The van der Waals surface area contributed by atoms with E-state index in [-0.39, 0.29) is 18.1 Å². The van der Waals surface area contributed by atoms with E-state index in [0.29, 0.717) is 25.5 Å². The van der Waals surface area contributed by atoms with E-state index < -0.39 is 6.10 Å². The highest BCUT2D eigenvalue weighted by atomic mass is 16.5. The molecule has 1 atom stereocenters. The Morgan fingerprint density at radius 3 is 2.96 bits per heavy atom. The smallest absolute Gasteiger partial charge is 0.270 e. The second kappa shape index (κ2) is 10.1. The largest absolute Gasteiger partial charge is 0.390 e. The molecular formula is C20H27N5O3. The maximum atomic E-state index is 12.3.